The molecule has 1 aliphatic heterocycles. The van der Waals surface area contributed by atoms with Gasteiger partial charge >= 0.3 is 0 Å². The van der Waals surface area contributed by atoms with Crippen LogP contribution in [0.1, 0.15) is 90.9 Å². The minimum absolute atomic E-state index is 0.117. The molecule has 7 N–H and O–H groups in total. The molecule has 36 heavy (non-hydrogen) atoms. The molecule has 0 bridgehead atoms. The quantitative estimate of drug-likeness (QED) is 0.0731. The zero-order valence-corrected chi connectivity index (χ0v) is 22.9. The normalized spacial score (nSPS) is 22.2. The number of aliphatic hydroxyl groups is 5. The number of aliphatic hydroxyl groups excluding tert-OH is 5. The van der Waals surface area contributed by atoms with Crippen molar-refractivity contribution < 1.29 is 39.8 Å². The van der Waals surface area contributed by atoms with Crippen molar-refractivity contribution in [3.8, 4) is 0 Å². The third-order valence-electron chi connectivity index (χ3n) is 6.58. The molecule has 0 spiro atoms. The molecule has 0 radical (unpaired) electrons. The van der Waals surface area contributed by atoms with Gasteiger partial charge in [-0.1, -0.05) is 51.2 Å². The van der Waals surface area contributed by atoms with Crippen LogP contribution in [0.4, 0.5) is 0 Å². The fourth-order valence-electron chi connectivity index (χ4n) is 3.91. The summed E-state index contributed by atoms with van der Waals surface area (Å²) >= 11 is 0. The molecule has 216 valence electrons. The molecule has 9 heteroatoms. The van der Waals surface area contributed by atoms with Crippen molar-refractivity contribution in [2.75, 3.05) is 27.1 Å². The molecule has 1 aliphatic rings. The molecule has 0 amide bonds. The predicted octanol–water partition coefficient (Wildman–Crippen LogP) is 2.65. The Kier molecular flexibility index (Phi) is 26.6. The van der Waals surface area contributed by atoms with Crippen LogP contribution in [0.2, 0.25) is 0 Å². The van der Waals surface area contributed by atoms with Crippen molar-refractivity contribution in [3.05, 3.63) is 12.2 Å². The fourth-order valence-corrected chi connectivity index (χ4v) is 3.91. The van der Waals surface area contributed by atoms with E-state index in [0.717, 1.165) is 70.5 Å². The van der Waals surface area contributed by atoms with Crippen LogP contribution < -0.4 is 5.73 Å². The summed E-state index contributed by atoms with van der Waals surface area (Å²) in [5, 5.41) is 43.3. The van der Waals surface area contributed by atoms with E-state index in [1.165, 1.54) is 12.8 Å². The Balaban J connectivity index is 0. The van der Waals surface area contributed by atoms with Gasteiger partial charge in [0, 0.05) is 25.6 Å². The highest BCUT2D eigenvalue weighted by Crippen LogP contribution is 2.28. The molecular weight excluding hydrogens is 466 g/mol. The molecule has 9 nitrogen and oxygen atoms in total. The van der Waals surface area contributed by atoms with Gasteiger partial charge in [-0.3, -0.25) is 0 Å². The lowest BCUT2D eigenvalue weighted by atomic mass is 9.89. The van der Waals surface area contributed by atoms with E-state index >= 15 is 0 Å². The molecule has 6 atom stereocenters. The maximum absolute atomic E-state index is 10.5. The van der Waals surface area contributed by atoms with Gasteiger partial charge in [-0.15, -0.1) is 0 Å². The highest BCUT2D eigenvalue weighted by Gasteiger charge is 2.28. The summed E-state index contributed by atoms with van der Waals surface area (Å²) in [7, 11) is 1.00. The first-order valence-corrected chi connectivity index (χ1v) is 13.4. The van der Waals surface area contributed by atoms with E-state index in [-0.39, 0.29) is 37.8 Å². The third-order valence-corrected chi connectivity index (χ3v) is 6.58. The van der Waals surface area contributed by atoms with E-state index in [9.17, 15) is 15.0 Å². The fraction of sp³-hybridized carbons (Fsp3) is 0.889. The van der Waals surface area contributed by atoms with E-state index in [0.29, 0.717) is 25.2 Å². The SMILES string of the molecule is C=C1CC(C(O)C=O)COC(C)[C@@H]1C.CO.NC(CCCCCCCCC(O)CCCCO)OCO. The summed E-state index contributed by atoms with van der Waals surface area (Å²) in [5.41, 5.74) is 6.66. The van der Waals surface area contributed by atoms with Crippen molar-refractivity contribution in [3.63, 3.8) is 0 Å². The number of aldehydes is 1. The largest absolute Gasteiger partial charge is 0.400 e. The maximum atomic E-state index is 10.5. The average Bonchev–Trinajstić information content (AvgIpc) is 3.00. The number of ether oxygens (including phenoxy) is 2. The van der Waals surface area contributed by atoms with Crippen molar-refractivity contribution in [1.82, 2.24) is 0 Å². The Bertz CT molecular complexity index is 508. The first-order chi connectivity index (χ1) is 17.3. The Labute approximate surface area is 218 Å². The molecule has 1 saturated heterocycles. The van der Waals surface area contributed by atoms with Gasteiger partial charge in [0.15, 0.2) is 0 Å². The molecule has 0 aromatic heterocycles. The van der Waals surface area contributed by atoms with Crippen LogP contribution in [-0.2, 0) is 14.3 Å². The van der Waals surface area contributed by atoms with Gasteiger partial charge < -0.3 is 45.5 Å². The Hall–Kier alpha value is -0.910. The van der Waals surface area contributed by atoms with Crippen molar-refractivity contribution >= 4 is 6.29 Å². The minimum atomic E-state index is -0.927. The molecule has 5 unspecified atom stereocenters. The number of hydrogen-bond acceptors (Lipinski definition) is 9. The van der Waals surface area contributed by atoms with E-state index < -0.39 is 6.10 Å². The van der Waals surface area contributed by atoms with Crippen molar-refractivity contribution in [2.24, 2.45) is 17.6 Å². The molecule has 0 aliphatic carbocycles. The van der Waals surface area contributed by atoms with Gasteiger partial charge in [0.05, 0.1) is 18.8 Å². The highest BCUT2D eigenvalue weighted by molar-refractivity contribution is 5.56. The van der Waals surface area contributed by atoms with Crippen LogP contribution in [0.25, 0.3) is 0 Å². The molecule has 0 aromatic rings. The Morgan fingerprint density at radius 1 is 1.00 bits per heavy atom. The number of carbonyl (C=O) groups is 1. The van der Waals surface area contributed by atoms with Gasteiger partial charge in [0.25, 0.3) is 0 Å². The van der Waals surface area contributed by atoms with E-state index in [2.05, 4.69) is 13.5 Å². The van der Waals surface area contributed by atoms with Crippen molar-refractivity contribution in [1.29, 1.82) is 0 Å². The van der Waals surface area contributed by atoms with Gasteiger partial charge in [-0.2, -0.15) is 0 Å². The minimum Gasteiger partial charge on any atom is -0.400 e. The summed E-state index contributed by atoms with van der Waals surface area (Å²) in [5.74, 6) is 0.159. The number of carbonyl (C=O) groups excluding carboxylic acids is 1. The van der Waals surface area contributed by atoms with Crippen LogP contribution >= 0.6 is 0 Å². The second-order valence-corrected chi connectivity index (χ2v) is 9.48. The van der Waals surface area contributed by atoms with Crippen molar-refractivity contribution in [2.45, 2.75) is 115 Å². The summed E-state index contributed by atoms with van der Waals surface area (Å²) in [6.45, 7) is 8.37. The van der Waals surface area contributed by atoms with Gasteiger partial charge in [-0.25, -0.2) is 0 Å². The highest BCUT2D eigenvalue weighted by atomic mass is 16.6. The number of nitrogens with two attached hydrogens (primary N) is 1. The molecule has 0 saturated carbocycles. The molecule has 1 heterocycles. The second kappa shape index (κ2) is 25.7. The number of unbranched alkanes of at least 4 members (excludes halogenated alkanes) is 6. The topological polar surface area (TPSA) is 163 Å². The lowest BCUT2D eigenvalue weighted by Crippen LogP contribution is -2.26. The summed E-state index contributed by atoms with van der Waals surface area (Å²) < 4.78 is 10.4. The number of hydrogen-bond donors (Lipinski definition) is 6. The van der Waals surface area contributed by atoms with Crippen LogP contribution in [0, 0.1) is 11.8 Å². The second-order valence-electron chi connectivity index (χ2n) is 9.48. The average molecular weight is 522 g/mol. The number of rotatable bonds is 17. The van der Waals surface area contributed by atoms with E-state index in [4.69, 9.17) is 30.5 Å². The Morgan fingerprint density at radius 3 is 2.06 bits per heavy atom. The standard InChI is InChI=1S/C15H33NO4.C11H18O3.CH4O/c16-15(20-13-18)11-6-4-2-1-3-5-9-14(19)10-7-8-12-17;1-7-4-10(11(13)5-12)6-14-9(3)8(7)2;1-2/h14-15,17-19H,1-13,16H2;5,8-11,13H,1,4,6H2,2-3H3;2H,1H3/t;8-,9?,10?,11?;/m.1./s1. The van der Waals surface area contributed by atoms with Gasteiger partial charge in [0.2, 0.25) is 0 Å². The molecular formula is C27H55NO8. The first kappa shape index (κ1) is 37.2. The summed E-state index contributed by atoms with van der Waals surface area (Å²) in [6.07, 6.45) is 10.9. The maximum Gasteiger partial charge on any atom is 0.148 e. The summed E-state index contributed by atoms with van der Waals surface area (Å²) in [4.78, 5) is 10.5. The van der Waals surface area contributed by atoms with Crippen LogP contribution in [0.3, 0.4) is 0 Å². The van der Waals surface area contributed by atoms with Crippen LogP contribution in [0.5, 0.6) is 0 Å². The molecule has 1 fully saturated rings. The van der Waals surface area contributed by atoms with Crippen LogP contribution in [-0.4, -0.2) is 83.5 Å². The van der Waals surface area contributed by atoms with Gasteiger partial charge in [-0.05, 0) is 51.9 Å². The van der Waals surface area contributed by atoms with Gasteiger partial charge in [0.1, 0.15) is 25.4 Å². The smallest absolute Gasteiger partial charge is 0.148 e. The molecule has 1 rings (SSSR count). The lowest BCUT2D eigenvalue weighted by Gasteiger charge is -2.17. The first-order valence-electron chi connectivity index (χ1n) is 13.4. The van der Waals surface area contributed by atoms with E-state index in [1.807, 2.05) is 6.92 Å². The lowest BCUT2D eigenvalue weighted by molar-refractivity contribution is -0.118. The monoisotopic (exact) mass is 521 g/mol. The molecule has 0 aromatic carbocycles. The van der Waals surface area contributed by atoms with E-state index in [1.54, 1.807) is 0 Å². The summed E-state index contributed by atoms with van der Waals surface area (Å²) in [6, 6.07) is 0. The Morgan fingerprint density at radius 2 is 1.53 bits per heavy atom. The zero-order valence-electron chi connectivity index (χ0n) is 22.9. The predicted molar refractivity (Wildman–Crippen MR) is 142 cm³/mol. The zero-order chi connectivity index (χ0) is 27.8. The van der Waals surface area contributed by atoms with Crippen LogP contribution in [0.15, 0.2) is 12.2 Å². The third kappa shape index (κ3) is 20.2.